The van der Waals surface area contributed by atoms with Gasteiger partial charge in [-0.25, -0.2) is 0 Å². The molecule has 0 spiro atoms. The number of aliphatic hydroxyl groups excluding tert-OH is 2. The molecule has 0 aromatic rings. The molecule has 0 amide bonds. The van der Waals surface area contributed by atoms with E-state index in [1.165, 1.54) is 0 Å². The van der Waals surface area contributed by atoms with Gasteiger partial charge in [-0.3, -0.25) is 10.6 Å². The Balaban J connectivity index is 2.53. The third-order valence-electron chi connectivity index (χ3n) is 0.702. The lowest BCUT2D eigenvalue weighted by molar-refractivity contribution is 0.243. The van der Waals surface area contributed by atoms with E-state index < -0.39 is 0 Å². The van der Waals surface area contributed by atoms with Crippen LogP contribution < -0.4 is 10.6 Å². The minimum absolute atomic E-state index is 0.00684. The molecule has 4 heteroatoms. The summed E-state index contributed by atoms with van der Waals surface area (Å²) in [4.78, 5) is 0. The Morgan fingerprint density at radius 2 is 1.25 bits per heavy atom. The SMILES string of the molecule is OCNCCNCO. The highest BCUT2D eigenvalue weighted by atomic mass is 16.3. The molecule has 0 aliphatic heterocycles. The lowest BCUT2D eigenvalue weighted by atomic mass is 10.6. The lowest BCUT2D eigenvalue weighted by Crippen LogP contribution is -2.28. The molecular formula is C4H12N2O2. The van der Waals surface area contributed by atoms with E-state index in [-0.39, 0.29) is 13.5 Å². The van der Waals surface area contributed by atoms with Crippen LogP contribution in [0.1, 0.15) is 0 Å². The summed E-state index contributed by atoms with van der Waals surface area (Å²) in [5.41, 5.74) is 0. The number of nitrogens with one attached hydrogen (secondary N) is 2. The first kappa shape index (κ1) is 7.84. The Hall–Kier alpha value is -0.160. The molecule has 0 unspecified atom stereocenters. The van der Waals surface area contributed by atoms with E-state index in [0.717, 1.165) is 0 Å². The van der Waals surface area contributed by atoms with Gasteiger partial charge in [0.1, 0.15) is 0 Å². The Morgan fingerprint density at radius 3 is 1.50 bits per heavy atom. The fraction of sp³-hybridized carbons (Fsp3) is 1.00. The van der Waals surface area contributed by atoms with Crippen molar-refractivity contribution in [1.82, 2.24) is 10.6 Å². The summed E-state index contributed by atoms with van der Waals surface area (Å²) in [7, 11) is 0. The van der Waals surface area contributed by atoms with Crippen molar-refractivity contribution >= 4 is 0 Å². The zero-order valence-electron chi connectivity index (χ0n) is 4.72. The average Bonchev–Trinajstić information content (AvgIpc) is 1.81. The van der Waals surface area contributed by atoms with Gasteiger partial charge in [0.2, 0.25) is 0 Å². The van der Waals surface area contributed by atoms with Crippen LogP contribution in [0.4, 0.5) is 0 Å². The maximum absolute atomic E-state index is 8.16. The summed E-state index contributed by atoms with van der Waals surface area (Å²) < 4.78 is 0. The first-order valence-electron chi connectivity index (χ1n) is 2.55. The maximum Gasteiger partial charge on any atom is 0.0931 e. The third kappa shape index (κ3) is 5.84. The minimum Gasteiger partial charge on any atom is -0.381 e. The summed E-state index contributed by atoms with van der Waals surface area (Å²) in [5.74, 6) is 0. The first-order valence-corrected chi connectivity index (χ1v) is 2.55. The minimum atomic E-state index is -0.00684. The first-order chi connectivity index (χ1) is 3.91. The molecule has 0 aromatic heterocycles. The molecule has 0 rings (SSSR count). The van der Waals surface area contributed by atoms with E-state index in [1.807, 2.05) is 0 Å². The molecule has 0 saturated carbocycles. The lowest BCUT2D eigenvalue weighted by Gasteiger charge is -1.98. The molecule has 0 fully saturated rings. The second-order valence-corrected chi connectivity index (χ2v) is 1.32. The van der Waals surface area contributed by atoms with Crippen molar-refractivity contribution in [2.75, 3.05) is 26.6 Å². The molecule has 0 aliphatic rings. The van der Waals surface area contributed by atoms with E-state index in [4.69, 9.17) is 10.2 Å². The van der Waals surface area contributed by atoms with Crippen molar-refractivity contribution in [2.24, 2.45) is 0 Å². The predicted octanol–water partition coefficient (Wildman–Crippen LogP) is -1.93. The van der Waals surface area contributed by atoms with Crippen LogP contribution >= 0.6 is 0 Å². The quantitative estimate of drug-likeness (QED) is 0.252. The fourth-order valence-electron chi connectivity index (χ4n) is 0.335. The highest BCUT2D eigenvalue weighted by Gasteiger charge is 1.80. The normalized spacial score (nSPS) is 9.75. The summed E-state index contributed by atoms with van der Waals surface area (Å²) in [5, 5.41) is 21.7. The Morgan fingerprint density at radius 1 is 0.875 bits per heavy atom. The van der Waals surface area contributed by atoms with Crippen LogP contribution in [0.15, 0.2) is 0 Å². The van der Waals surface area contributed by atoms with Crippen molar-refractivity contribution < 1.29 is 10.2 Å². The van der Waals surface area contributed by atoms with Gasteiger partial charge in [0, 0.05) is 13.1 Å². The molecule has 0 aliphatic carbocycles. The zero-order valence-corrected chi connectivity index (χ0v) is 4.72. The Labute approximate surface area is 48.5 Å². The summed E-state index contributed by atoms with van der Waals surface area (Å²) >= 11 is 0. The Kier molecular flexibility index (Phi) is 6.70. The topological polar surface area (TPSA) is 64.5 Å². The number of aliphatic hydroxyl groups is 2. The molecule has 4 N–H and O–H groups in total. The van der Waals surface area contributed by atoms with E-state index in [1.54, 1.807) is 0 Å². The largest absolute Gasteiger partial charge is 0.381 e. The molecule has 50 valence electrons. The fourth-order valence-corrected chi connectivity index (χ4v) is 0.335. The molecule has 0 saturated heterocycles. The van der Waals surface area contributed by atoms with Crippen LogP contribution in [-0.4, -0.2) is 36.8 Å². The monoisotopic (exact) mass is 120 g/mol. The van der Waals surface area contributed by atoms with Crippen LogP contribution in [0, 0.1) is 0 Å². The smallest absolute Gasteiger partial charge is 0.0931 e. The molecule has 4 nitrogen and oxygen atoms in total. The van der Waals surface area contributed by atoms with E-state index in [2.05, 4.69) is 10.6 Å². The predicted molar refractivity (Wildman–Crippen MR) is 30.2 cm³/mol. The third-order valence-corrected chi connectivity index (χ3v) is 0.702. The van der Waals surface area contributed by atoms with Crippen LogP contribution in [0.25, 0.3) is 0 Å². The highest BCUT2D eigenvalue weighted by molar-refractivity contribution is 4.42. The summed E-state index contributed by atoms with van der Waals surface area (Å²) in [6.45, 7) is 1.34. The average molecular weight is 120 g/mol. The molecular weight excluding hydrogens is 108 g/mol. The van der Waals surface area contributed by atoms with Gasteiger partial charge in [-0.05, 0) is 0 Å². The zero-order chi connectivity index (χ0) is 6.24. The van der Waals surface area contributed by atoms with Crippen LogP contribution in [0.3, 0.4) is 0 Å². The van der Waals surface area contributed by atoms with Gasteiger partial charge >= 0.3 is 0 Å². The molecule has 8 heavy (non-hydrogen) atoms. The molecule has 0 radical (unpaired) electrons. The van der Waals surface area contributed by atoms with Gasteiger partial charge in [-0.15, -0.1) is 0 Å². The Bertz CT molecular complexity index is 37.0. The van der Waals surface area contributed by atoms with Crippen molar-refractivity contribution in [3.8, 4) is 0 Å². The van der Waals surface area contributed by atoms with Crippen LogP contribution in [-0.2, 0) is 0 Å². The molecule has 0 atom stereocenters. The molecule has 0 aromatic carbocycles. The van der Waals surface area contributed by atoms with Crippen molar-refractivity contribution in [3.63, 3.8) is 0 Å². The number of hydrogen-bond acceptors (Lipinski definition) is 4. The van der Waals surface area contributed by atoms with Gasteiger partial charge in [0.15, 0.2) is 0 Å². The second kappa shape index (κ2) is 6.84. The molecule has 0 heterocycles. The van der Waals surface area contributed by atoms with E-state index in [0.29, 0.717) is 13.1 Å². The second-order valence-electron chi connectivity index (χ2n) is 1.32. The van der Waals surface area contributed by atoms with E-state index in [9.17, 15) is 0 Å². The van der Waals surface area contributed by atoms with Gasteiger partial charge < -0.3 is 10.2 Å². The number of rotatable bonds is 5. The maximum atomic E-state index is 8.16. The summed E-state index contributed by atoms with van der Waals surface area (Å²) in [6, 6.07) is 0. The van der Waals surface area contributed by atoms with Gasteiger partial charge in [0.05, 0.1) is 13.5 Å². The van der Waals surface area contributed by atoms with E-state index >= 15 is 0 Å². The van der Waals surface area contributed by atoms with Crippen molar-refractivity contribution in [1.29, 1.82) is 0 Å². The highest BCUT2D eigenvalue weighted by Crippen LogP contribution is 1.53. The van der Waals surface area contributed by atoms with Crippen LogP contribution in [0.2, 0.25) is 0 Å². The summed E-state index contributed by atoms with van der Waals surface area (Å²) in [6.07, 6.45) is 0. The van der Waals surface area contributed by atoms with Gasteiger partial charge in [-0.2, -0.15) is 0 Å². The van der Waals surface area contributed by atoms with Gasteiger partial charge in [-0.1, -0.05) is 0 Å². The number of hydrogen-bond donors (Lipinski definition) is 4. The molecule has 0 bridgehead atoms. The van der Waals surface area contributed by atoms with Crippen LogP contribution in [0.5, 0.6) is 0 Å². The van der Waals surface area contributed by atoms with Crippen molar-refractivity contribution in [2.45, 2.75) is 0 Å². The van der Waals surface area contributed by atoms with Crippen molar-refractivity contribution in [3.05, 3.63) is 0 Å². The van der Waals surface area contributed by atoms with Gasteiger partial charge in [0.25, 0.3) is 0 Å². The standard InChI is InChI=1S/C4H12N2O2/c7-3-5-1-2-6-4-8/h5-8H,1-4H2.